The second kappa shape index (κ2) is 6.06. The average Bonchev–Trinajstić information content (AvgIpc) is 2.42. The molecule has 0 N–H and O–H groups in total. The summed E-state index contributed by atoms with van der Waals surface area (Å²) >= 11 is 5.62. The largest absolute Gasteiger partial charge is 0.496 e. The fourth-order valence-corrected chi connectivity index (χ4v) is 2.08. The molecule has 0 spiro atoms. The molecule has 2 aromatic carbocycles. The molecule has 2 aromatic rings. The first-order valence-electron chi connectivity index (χ1n) is 6.13. The Hall–Kier alpha value is -1.87. The van der Waals surface area contributed by atoms with Crippen molar-refractivity contribution in [3.05, 3.63) is 63.9 Å². The lowest BCUT2D eigenvalue weighted by Crippen LogP contribution is -2.06. The van der Waals surface area contributed by atoms with Gasteiger partial charge in [-0.1, -0.05) is 23.7 Å². The predicted octanol–water partition coefficient (Wildman–Crippen LogP) is 4.22. The number of rotatable bonds is 4. The molecule has 0 fully saturated rings. The van der Waals surface area contributed by atoms with Crippen LogP contribution in [0.3, 0.4) is 0 Å². The Bertz CT molecular complexity index is 653. The van der Waals surface area contributed by atoms with Gasteiger partial charge in [-0.3, -0.25) is 4.79 Å². The van der Waals surface area contributed by atoms with Crippen molar-refractivity contribution in [2.75, 3.05) is 7.11 Å². The normalized spacial score (nSPS) is 10.4. The van der Waals surface area contributed by atoms with Crippen molar-refractivity contribution in [3.8, 4) is 5.75 Å². The molecule has 0 aromatic heterocycles. The number of carbonyl (C=O) groups is 1. The van der Waals surface area contributed by atoms with Crippen molar-refractivity contribution in [3.63, 3.8) is 0 Å². The highest BCUT2D eigenvalue weighted by atomic mass is 35.5. The van der Waals surface area contributed by atoms with Gasteiger partial charge in [0, 0.05) is 6.42 Å². The van der Waals surface area contributed by atoms with Gasteiger partial charge < -0.3 is 4.74 Å². The quantitative estimate of drug-likeness (QED) is 0.789. The molecule has 0 unspecified atom stereocenters. The molecule has 0 heterocycles. The highest BCUT2D eigenvalue weighted by Gasteiger charge is 2.13. The summed E-state index contributed by atoms with van der Waals surface area (Å²) in [7, 11) is 1.52. The van der Waals surface area contributed by atoms with Crippen molar-refractivity contribution in [1.82, 2.24) is 0 Å². The molecule has 0 aliphatic heterocycles. The van der Waals surface area contributed by atoms with Gasteiger partial charge in [0.25, 0.3) is 0 Å². The maximum atomic E-state index is 13.4. The maximum Gasteiger partial charge on any atom is 0.170 e. The second-order valence-corrected chi connectivity index (χ2v) is 4.96. The molecule has 0 saturated heterocycles. The molecule has 0 radical (unpaired) electrons. The van der Waals surface area contributed by atoms with Gasteiger partial charge in [0.15, 0.2) is 5.78 Å². The Morgan fingerprint density at radius 3 is 2.65 bits per heavy atom. The van der Waals surface area contributed by atoms with Gasteiger partial charge in [0.1, 0.15) is 11.6 Å². The summed E-state index contributed by atoms with van der Waals surface area (Å²) in [6, 6.07) is 9.74. The van der Waals surface area contributed by atoms with Crippen LogP contribution in [0, 0.1) is 12.7 Å². The molecule has 0 amide bonds. The fraction of sp³-hybridized carbons (Fsp3) is 0.188. The van der Waals surface area contributed by atoms with Crippen LogP contribution in [0.2, 0.25) is 5.02 Å². The summed E-state index contributed by atoms with van der Waals surface area (Å²) in [6.45, 7) is 1.92. The van der Waals surface area contributed by atoms with Gasteiger partial charge in [0.05, 0.1) is 17.7 Å². The van der Waals surface area contributed by atoms with E-state index in [1.165, 1.54) is 19.2 Å². The number of methoxy groups -OCH3 is 1. The molecule has 0 saturated carbocycles. The van der Waals surface area contributed by atoms with Gasteiger partial charge in [-0.25, -0.2) is 4.39 Å². The van der Waals surface area contributed by atoms with Crippen LogP contribution < -0.4 is 4.74 Å². The predicted molar refractivity (Wildman–Crippen MR) is 77.2 cm³/mol. The molecule has 20 heavy (non-hydrogen) atoms. The number of carbonyl (C=O) groups excluding carboxylic acids is 1. The van der Waals surface area contributed by atoms with E-state index < -0.39 is 5.82 Å². The summed E-state index contributed by atoms with van der Waals surface area (Å²) in [5.74, 6) is -0.110. The lowest BCUT2D eigenvalue weighted by molar-refractivity contribution is 0.0990. The van der Waals surface area contributed by atoms with Crippen LogP contribution in [0.4, 0.5) is 4.39 Å². The number of halogens is 2. The number of hydrogen-bond donors (Lipinski definition) is 0. The van der Waals surface area contributed by atoms with Crippen LogP contribution in [0.15, 0.2) is 36.4 Å². The van der Waals surface area contributed by atoms with Crippen molar-refractivity contribution in [2.45, 2.75) is 13.3 Å². The molecule has 0 aliphatic carbocycles. The van der Waals surface area contributed by atoms with Crippen LogP contribution in [-0.2, 0) is 6.42 Å². The lowest BCUT2D eigenvalue weighted by Gasteiger charge is -2.09. The van der Waals surface area contributed by atoms with Crippen LogP contribution in [-0.4, -0.2) is 12.9 Å². The molecule has 0 bridgehead atoms. The van der Waals surface area contributed by atoms with Crippen LogP contribution >= 0.6 is 11.6 Å². The minimum absolute atomic E-state index is 0.0501. The first-order valence-corrected chi connectivity index (χ1v) is 6.51. The zero-order valence-corrected chi connectivity index (χ0v) is 12.0. The molecular weight excluding hydrogens is 279 g/mol. The molecule has 4 heteroatoms. The van der Waals surface area contributed by atoms with Crippen molar-refractivity contribution < 1.29 is 13.9 Å². The SMILES string of the molecule is COc1cc(C)ccc1C(=O)Cc1ccc(Cl)c(F)c1. The van der Waals surface area contributed by atoms with Gasteiger partial charge in [0.2, 0.25) is 0 Å². The Labute approximate surface area is 122 Å². The number of Topliss-reactive ketones (excluding diaryl/α,β-unsaturated/α-hetero) is 1. The second-order valence-electron chi connectivity index (χ2n) is 4.55. The maximum absolute atomic E-state index is 13.4. The zero-order chi connectivity index (χ0) is 14.7. The summed E-state index contributed by atoms with van der Waals surface area (Å²) in [5.41, 5.74) is 2.09. The van der Waals surface area contributed by atoms with E-state index in [0.717, 1.165) is 5.56 Å². The Kier molecular flexibility index (Phi) is 4.40. The minimum atomic E-state index is -0.521. The van der Waals surface area contributed by atoms with Crippen molar-refractivity contribution in [1.29, 1.82) is 0 Å². The van der Waals surface area contributed by atoms with Crippen molar-refractivity contribution >= 4 is 17.4 Å². The monoisotopic (exact) mass is 292 g/mol. The van der Waals surface area contributed by atoms with E-state index >= 15 is 0 Å². The molecule has 0 aliphatic rings. The Balaban J connectivity index is 2.25. The Morgan fingerprint density at radius 2 is 2.00 bits per heavy atom. The topological polar surface area (TPSA) is 26.3 Å². The Morgan fingerprint density at radius 1 is 1.25 bits per heavy atom. The minimum Gasteiger partial charge on any atom is -0.496 e. The van der Waals surface area contributed by atoms with E-state index in [9.17, 15) is 9.18 Å². The van der Waals surface area contributed by atoms with Crippen LogP contribution in [0.5, 0.6) is 5.75 Å². The molecule has 104 valence electrons. The molecule has 2 rings (SSSR count). The average molecular weight is 293 g/mol. The zero-order valence-electron chi connectivity index (χ0n) is 11.2. The van der Waals surface area contributed by atoms with E-state index in [1.54, 1.807) is 18.2 Å². The van der Waals surface area contributed by atoms with Crippen LogP contribution in [0.25, 0.3) is 0 Å². The number of ketones is 1. The first-order chi connectivity index (χ1) is 9.51. The smallest absolute Gasteiger partial charge is 0.170 e. The summed E-state index contributed by atoms with van der Waals surface area (Å²) in [6.07, 6.45) is 0.105. The number of ether oxygens (including phenoxy) is 1. The third-order valence-corrected chi connectivity index (χ3v) is 3.31. The van der Waals surface area contributed by atoms with E-state index in [1.807, 2.05) is 13.0 Å². The van der Waals surface area contributed by atoms with Gasteiger partial charge in [-0.05, 0) is 42.3 Å². The van der Waals surface area contributed by atoms with Gasteiger partial charge in [-0.2, -0.15) is 0 Å². The van der Waals surface area contributed by atoms with E-state index in [4.69, 9.17) is 16.3 Å². The first kappa shape index (κ1) is 14.5. The number of aryl methyl sites for hydroxylation is 1. The fourth-order valence-electron chi connectivity index (χ4n) is 1.96. The van der Waals surface area contributed by atoms with Gasteiger partial charge >= 0.3 is 0 Å². The third kappa shape index (κ3) is 3.17. The van der Waals surface area contributed by atoms with Crippen molar-refractivity contribution in [2.24, 2.45) is 0 Å². The lowest BCUT2D eigenvalue weighted by atomic mass is 10.0. The number of benzene rings is 2. The third-order valence-electron chi connectivity index (χ3n) is 3.01. The molecule has 2 nitrogen and oxygen atoms in total. The summed E-state index contributed by atoms with van der Waals surface area (Å²) in [5, 5.41) is 0.0501. The standard InChI is InChI=1S/C16H14ClFO2/c1-10-3-5-12(16(7-10)20-2)15(19)9-11-4-6-13(17)14(18)8-11/h3-8H,9H2,1-2H3. The van der Waals surface area contributed by atoms with Crippen LogP contribution in [0.1, 0.15) is 21.5 Å². The summed E-state index contributed by atoms with van der Waals surface area (Å²) < 4.78 is 18.6. The number of hydrogen-bond acceptors (Lipinski definition) is 2. The van der Waals surface area contributed by atoms with E-state index in [-0.39, 0.29) is 17.2 Å². The highest BCUT2D eigenvalue weighted by Crippen LogP contribution is 2.23. The molecular formula is C16H14ClFO2. The molecule has 0 atom stereocenters. The summed E-state index contributed by atoms with van der Waals surface area (Å²) in [4.78, 5) is 12.3. The highest BCUT2D eigenvalue weighted by molar-refractivity contribution is 6.30. The van der Waals surface area contributed by atoms with E-state index in [0.29, 0.717) is 16.9 Å². The van der Waals surface area contributed by atoms with E-state index in [2.05, 4.69) is 0 Å². The van der Waals surface area contributed by atoms with Gasteiger partial charge in [-0.15, -0.1) is 0 Å².